The van der Waals surface area contributed by atoms with Crippen LogP contribution >= 0.6 is 11.3 Å². The molecule has 2 saturated carbocycles. The van der Waals surface area contributed by atoms with Crippen LogP contribution in [0.25, 0.3) is 21.3 Å². The monoisotopic (exact) mass is 480 g/mol. The van der Waals surface area contributed by atoms with Crippen molar-refractivity contribution in [3.05, 3.63) is 36.4 Å². The molecule has 2 aromatic heterocycles. The van der Waals surface area contributed by atoms with Gasteiger partial charge in [0.05, 0.1) is 22.2 Å². The van der Waals surface area contributed by atoms with E-state index in [9.17, 15) is 14.4 Å². The molecule has 1 aromatic carbocycles. The number of rotatable bonds is 7. The van der Waals surface area contributed by atoms with Crippen molar-refractivity contribution in [2.45, 2.75) is 57.8 Å². The Balaban J connectivity index is 1.21. The summed E-state index contributed by atoms with van der Waals surface area (Å²) in [4.78, 5) is 47.9. The van der Waals surface area contributed by atoms with E-state index < -0.39 is 0 Å². The number of amides is 1. The van der Waals surface area contributed by atoms with Crippen molar-refractivity contribution in [3.8, 4) is 11.1 Å². The number of benzene rings is 1. The summed E-state index contributed by atoms with van der Waals surface area (Å²) in [6, 6.07) is 5.83. The van der Waals surface area contributed by atoms with Crippen LogP contribution in [0.1, 0.15) is 44.9 Å². The molecule has 0 unspecified atom stereocenters. The van der Waals surface area contributed by atoms with Crippen LogP contribution < -0.4 is 5.32 Å². The van der Waals surface area contributed by atoms with Crippen molar-refractivity contribution in [3.63, 3.8) is 0 Å². The van der Waals surface area contributed by atoms with Crippen LogP contribution in [0, 0.1) is 5.92 Å². The van der Waals surface area contributed by atoms with Crippen molar-refractivity contribution in [2.75, 3.05) is 5.32 Å². The van der Waals surface area contributed by atoms with Gasteiger partial charge < -0.3 is 14.8 Å². The first-order valence-corrected chi connectivity index (χ1v) is 12.1. The number of nitrogens with one attached hydrogen (secondary N) is 1. The molecule has 9 nitrogen and oxygen atoms in total. The maximum absolute atomic E-state index is 12.2. The maximum Gasteiger partial charge on any atom is 0.302 e. The fourth-order valence-corrected chi connectivity index (χ4v) is 5.14. The van der Waals surface area contributed by atoms with Crippen LogP contribution in [0.3, 0.4) is 0 Å². The molecule has 2 fully saturated rings. The molecule has 1 amide bonds. The van der Waals surface area contributed by atoms with E-state index in [4.69, 9.17) is 9.47 Å². The molecule has 5 rings (SSSR count). The van der Waals surface area contributed by atoms with E-state index in [1.165, 1.54) is 18.3 Å². The molecule has 2 aliphatic carbocycles. The molecule has 10 heteroatoms. The predicted octanol–water partition coefficient (Wildman–Crippen LogP) is 3.67. The zero-order chi connectivity index (χ0) is 23.7. The molecule has 2 atom stereocenters. The highest BCUT2D eigenvalue weighted by atomic mass is 32.1. The fourth-order valence-electron chi connectivity index (χ4n) is 4.23. The molecule has 0 radical (unpaired) electrons. The number of thiazole rings is 1. The number of Topliss-reactive ketones (excluding diaryl/α,β-unsaturated/α-hetero) is 1. The minimum absolute atomic E-state index is 0.124. The third kappa shape index (κ3) is 4.97. The van der Waals surface area contributed by atoms with Gasteiger partial charge in [-0.2, -0.15) is 0 Å². The van der Waals surface area contributed by atoms with Gasteiger partial charge in [-0.3, -0.25) is 14.4 Å². The van der Waals surface area contributed by atoms with Crippen LogP contribution in [0.15, 0.2) is 30.6 Å². The van der Waals surface area contributed by atoms with Gasteiger partial charge in [-0.05, 0) is 37.0 Å². The number of ketones is 1. The van der Waals surface area contributed by atoms with Gasteiger partial charge in [0.25, 0.3) is 0 Å². The molecule has 0 bridgehead atoms. The van der Waals surface area contributed by atoms with Gasteiger partial charge in [0.2, 0.25) is 5.91 Å². The number of ether oxygens (including phenoxy) is 2. The quantitative estimate of drug-likeness (QED) is 0.509. The van der Waals surface area contributed by atoms with Gasteiger partial charge >= 0.3 is 5.97 Å². The molecule has 3 aromatic rings. The fraction of sp³-hybridized carbons (Fsp3) is 0.417. The number of hydrogen-bond acceptors (Lipinski definition) is 9. The number of hydrogen-bond donors (Lipinski definition) is 1. The van der Waals surface area contributed by atoms with Gasteiger partial charge in [0, 0.05) is 37.7 Å². The summed E-state index contributed by atoms with van der Waals surface area (Å²) in [7, 11) is 0. The molecular formula is C24H24N4O5S. The topological polar surface area (TPSA) is 120 Å². The van der Waals surface area contributed by atoms with Gasteiger partial charge in [-0.1, -0.05) is 17.4 Å². The third-order valence-corrected chi connectivity index (χ3v) is 7.05. The van der Waals surface area contributed by atoms with Gasteiger partial charge in [-0.25, -0.2) is 15.0 Å². The molecular weight excluding hydrogens is 456 g/mol. The van der Waals surface area contributed by atoms with E-state index in [0.717, 1.165) is 40.6 Å². The highest BCUT2D eigenvalue weighted by molar-refractivity contribution is 7.22. The number of nitrogens with zero attached hydrogens (tertiary/aromatic N) is 3. The molecule has 1 N–H and O–H groups in total. The molecule has 0 saturated heterocycles. The zero-order valence-corrected chi connectivity index (χ0v) is 19.5. The summed E-state index contributed by atoms with van der Waals surface area (Å²) in [6.07, 6.45) is 6.44. The third-order valence-electron chi connectivity index (χ3n) is 6.11. The lowest BCUT2D eigenvalue weighted by Crippen LogP contribution is -2.34. The van der Waals surface area contributed by atoms with Crippen molar-refractivity contribution >= 4 is 44.3 Å². The highest BCUT2D eigenvalue weighted by Crippen LogP contribution is 2.32. The average molecular weight is 481 g/mol. The lowest BCUT2D eigenvalue weighted by molar-refractivity contribution is -0.153. The van der Waals surface area contributed by atoms with Crippen LogP contribution in [-0.2, 0) is 30.5 Å². The smallest absolute Gasteiger partial charge is 0.302 e. The molecule has 34 heavy (non-hydrogen) atoms. The van der Waals surface area contributed by atoms with Crippen LogP contribution in [0.2, 0.25) is 0 Å². The normalized spacial score (nSPS) is 20.3. The van der Waals surface area contributed by atoms with Crippen molar-refractivity contribution in [2.24, 2.45) is 5.92 Å². The Morgan fingerprint density at radius 3 is 2.62 bits per heavy atom. The second kappa shape index (κ2) is 9.55. The van der Waals surface area contributed by atoms with E-state index in [1.54, 1.807) is 12.4 Å². The van der Waals surface area contributed by atoms with Gasteiger partial charge in [0.15, 0.2) is 11.0 Å². The lowest BCUT2D eigenvalue weighted by atomic mass is 9.83. The molecule has 2 aliphatic rings. The minimum Gasteiger partial charge on any atom is -0.460 e. The van der Waals surface area contributed by atoms with E-state index in [0.29, 0.717) is 23.8 Å². The molecule has 176 valence electrons. The van der Waals surface area contributed by atoms with Gasteiger partial charge in [-0.15, -0.1) is 0 Å². The predicted molar refractivity (Wildman–Crippen MR) is 125 cm³/mol. The summed E-state index contributed by atoms with van der Waals surface area (Å²) in [5, 5.41) is 3.35. The number of aromatic nitrogens is 3. The van der Waals surface area contributed by atoms with Crippen molar-refractivity contribution in [1.29, 1.82) is 0 Å². The first-order valence-electron chi connectivity index (χ1n) is 11.3. The van der Waals surface area contributed by atoms with Crippen molar-refractivity contribution < 1.29 is 23.9 Å². The van der Waals surface area contributed by atoms with E-state index >= 15 is 0 Å². The zero-order valence-electron chi connectivity index (χ0n) is 18.7. The Kier molecular flexibility index (Phi) is 6.34. The summed E-state index contributed by atoms with van der Waals surface area (Å²) in [6.45, 7) is 1.67. The number of fused-ring (bicyclic) bond motifs is 1. The average Bonchev–Trinajstić information content (AvgIpc) is 3.40. The minimum atomic E-state index is -0.289. The number of carbonyl (C=O) groups excluding carboxylic acids is 3. The standard InChI is InChI=1S/C24H24N4O5S/c1-13(29)33-20-4-2-3-19(20)32-12-22-25-10-16(11-26-22)14-5-6-18-21(9-14)34-24(27-18)28-23(31)15-7-17(30)8-15/h5-6,9-11,15,19-20H,2-4,7-8,12H2,1H3,(H,27,28,31)/t19-,20-/m0/s1. The van der Waals surface area contributed by atoms with Crippen molar-refractivity contribution in [1.82, 2.24) is 15.0 Å². The Morgan fingerprint density at radius 2 is 1.88 bits per heavy atom. The van der Waals surface area contributed by atoms with Crippen LogP contribution in [-0.4, -0.2) is 44.8 Å². The molecule has 0 spiro atoms. The maximum atomic E-state index is 12.2. The summed E-state index contributed by atoms with van der Waals surface area (Å²) in [5.74, 6) is 0.00959. The number of anilines is 1. The first kappa shape index (κ1) is 22.5. The SMILES string of the molecule is CC(=O)O[C@H]1CCC[C@@H]1OCc1ncc(-c2ccc3nc(NC(=O)C4CC(=O)C4)sc3c2)cn1. The highest BCUT2D eigenvalue weighted by Gasteiger charge is 2.33. The second-order valence-corrected chi connectivity index (χ2v) is 9.68. The second-order valence-electron chi connectivity index (χ2n) is 8.65. The Morgan fingerprint density at radius 1 is 1.12 bits per heavy atom. The summed E-state index contributed by atoms with van der Waals surface area (Å²) >= 11 is 1.39. The first-order chi connectivity index (χ1) is 16.4. The molecule has 0 aliphatic heterocycles. The summed E-state index contributed by atoms with van der Waals surface area (Å²) < 4.78 is 12.2. The Labute approximate surface area is 199 Å². The lowest BCUT2D eigenvalue weighted by Gasteiger charge is -2.21. The van der Waals surface area contributed by atoms with Crippen LogP contribution in [0.4, 0.5) is 5.13 Å². The van der Waals surface area contributed by atoms with E-state index in [2.05, 4.69) is 20.3 Å². The Hall–Kier alpha value is -3.24. The van der Waals surface area contributed by atoms with E-state index in [1.807, 2.05) is 18.2 Å². The van der Waals surface area contributed by atoms with E-state index in [-0.39, 0.29) is 42.4 Å². The van der Waals surface area contributed by atoms with Crippen LogP contribution in [0.5, 0.6) is 0 Å². The summed E-state index contributed by atoms with van der Waals surface area (Å²) in [5.41, 5.74) is 2.59. The Bertz CT molecular complexity index is 1230. The van der Waals surface area contributed by atoms with Gasteiger partial charge in [0.1, 0.15) is 18.5 Å². The number of esters is 1. The number of carbonyl (C=O) groups is 3. The molecule has 2 heterocycles. The largest absolute Gasteiger partial charge is 0.460 e.